The number of aromatic nitrogens is 2. The third-order valence-electron chi connectivity index (χ3n) is 1.81. The molecule has 0 bridgehead atoms. The summed E-state index contributed by atoms with van der Waals surface area (Å²) in [6.45, 7) is 3.97. The van der Waals surface area contributed by atoms with E-state index < -0.39 is 0 Å². The Hall–Kier alpha value is -0.670. The lowest BCUT2D eigenvalue weighted by Gasteiger charge is -1.97. The number of alkyl halides is 1. The van der Waals surface area contributed by atoms with E-state index in [1.54, 1.807) is 11.3 Å². The largest absolute Gasteiger partial charge is 0.255 e. The highest BCUT2D eigenvalue weighted by atomic mass is 35.5. The number of thiazole rings is 1. The third kappa shape index (κ3) is 1.54. The van der Waals surface area contributed by atoms with Crippen molar-refractivity contribution in [2.75, 3.05) is 0 Å². The van der Waals surface area contributed by atoms with E-state index in [9.17, 15) is 0 Å². The van der Waals surface area contributed by atoms with Crippen molar-refractivity contribution in [3.05, 3.63) is 22.5 Å². The molecule has 2 aromatic rings. The molecule has 0 saturated carbocycles. The first-order chi connectivity index (χ1) is 6.20. The summed E-state index contributed by atoms with van der Waals surface area (Å²) in [5.41, 5.74) is 2.86. The zero-order valence-electron chi connectivity index (χ0n) is 7.47. The van der Waals surface area contributed by atoms with Crippen molar-refractivity contribution in [2.45, 2.75) is 19.7 Å². The molecule has 0 fully saturated rings. The molecule has 2 nitrogen and oxygen atoms in total. The van der Waals surface area contributed by atoms with Crippen molar-refractivity contribution in [3.63, 3.8) is 0 Å². The fourth-order valence-corrected chi connectivity index (χ4v) is 2.46. The second-order valence-electron chi connectivity index (χ2n) is 2.92. The van der Waals surface area contributed by atoms with Gasteiger partial charge in [0.1, 0.15) is 5.52 Å². The second-order valence-corrected chi connectivity index (χ2v) is 4.43. The Labute approximate surface area is 85.6 Å². The van der Waals surface area contributed by atoms with E-state index >= 15 is 0 Å². The van der Waals surface area contributed by atoms with Crippen LogP contribution in [0.15, 0.2) is 6.07 Å². The van der Waals surface area contributed by atoms with Crippen LogP contribution in [0.4, 0.5) is 0 Å². The summed E-state index contributed by atoms with van der Waals surface area (Å²) in [6.07, 6.45) is 0. The molecule has 13 heavy (non-hydrogen) atoms. The van der Waals surface area contributed by atoms with Crippen LogP contribution in [0.2, 0.25) is 0 Å². The fraction of sp³-hybridized carbons (Fsp3) is 0.333. The number of rotatable bonds is 1. The van der Waals surface area contributed by atoms with Gasteiger partial charge in [0.05, 0.1) is 21.3 Å². The third-order valence-corrected chi connectivity index (χ3v) is 2.98. The van der Waals surface area contributed by atoms with Gasteiger partial charge in [-0.2, -0.15) is 0 Å². The summed E-state index contributed by atoms with van der Waals surface area (Å²) in [5.74, 6) is 0.432. The van der Waals surface area contributed by atoms with Crippen molar-refractivity contribution in [3.8, 4) is 0 Å². The Morgan fingerprint density at radius 3 is 2.85 bits per heavy atom. The minimum absolute atomic E-state index is 0.432. The van der Waals surface area contributed by atoms with Crippen molar-refractivity contribution in [1.82, 2.24) is 9.97 Å². The fourth-order valence-electron chi connectivity index (χ4n) is 1.33. The van der Waals surface area contributed by atoms with Gasteiger partial charge in [-0.25, -0.2) is 4.98 Å². The number of pyridine rings is 1. The lowest BCUT2D eigenvalue weighted by molar-refractivity contribution is 1.12. The first-order valence-electron chi connectivity index (χ1n) is 4.00. The molecule has 2 rings (SSSR count). The van der Waals surface area contributed by atoms with Crippen molar-refractivity contribution < 1.29 is 0 Å². The van der Waals surface area contributed by atoms with Crippen molar-refractivity contribution in [1.29, 1.82) is 0 Å². The van der Waals surface area contributed by atoms with Gasteiger partial charge < -0.3 is 0 Å². The summed E-state index contributed by atoms with van der Waals surface area (Å²) < 4.78 is 1.18. The molecular weight excluding hydrogens is 204 g/mol. The van der Waals surface area contributed by atoms with Crippen LogP contribution in [0.25, 0.3) is 10.2 Å². The summed E-state index contributed by atoms with van der Waals surface area (Å²) in [4.78, 5) is 8.74. The van der Waals surface area contributed by atoms with Gasteiger partial charge >= 0.3 is 0 Å². The number of fused-ring (bicyclic) bond motifs is 1. The molecule has 0 radical (unpaired) electrons. The predicted molar refractivity (Wildman–Crippen MR) is 56.4 cm³/mol. The van der Waals surface area contributed by atoms with Crippen LogP contribution in [0, 0.1) is 13.8 Å². The maximum atomic E-state index is 5.79. The summed E-state index contributed by atoms with van der Waals surface area (Å²) in [5, 5.41) is 1.06. The summed E-state index contributed by atoms with van der Waals surface area (Å²) in [6, 6.07) is 2.05. The minimum atomic E-state index is 0.432. The second kappa shape index (κ2) is 3.24. The van der Waals surface area contributed by atoms with Crippen LogP contribution >= 0.6 is 22.9 Å². The molecule has 0 saturated heterocycles. The molecule has 0 amide bonds. The quantitative estimate of drug-likeness (QED) is 0.679. The van der Waals surface area contributed by atoms with Gasteiger partial charge in [0.15, 0.2) is 0 Å². The van der Waals surface area contributed by atoms with E-state index in [0.717, 1.165) is 21.9 Å². The first kappa shape index (κ1) is 8.91. The molecule has 0 aliphatic carbocycles. The maximum absolute atomic E-state index is 5.79. The lowest BCUT2D eigenvalue weighted by Crippen LogP contribution is -1.90. The molecule has 0 atom stereocenters. The Morgan fingerprint density at radius 1 is 1.38 bits per heavy atom. The van der Waals surface area contributed by atoms with Gasteiger partial charge in [-0.3, -0.25) is 4.98 Å². The van der Waals surface area contributed by atoms with Crippen LogP contribution < -0.4 is 0 Å². The summed E-state index contributed by atoms with van der Waals surface area (Å²) in [7, 11) is 0. The average Bonchev–Trinajstić information content (AvgIpc) is 2.43. The van der Waals surface area contributed by atoms with Crippen LogP contribution in [0.5, 0.6) is 0 Å². The van der Waals surface area contributed by atoms with E-state index in [1.165, 1.54) is 4.70 Å². The molecule has 2 heterocycles. The van der Waals surface area contributed by atoms with Crippen LogP contribution in [0.1, 0.15) is 16.4 Å². The van der Waals surface area contributed by atoms with E-state index in [2.05, 4.69) is 16.0 Å². The molecular formula is C9H9ClN2S. The van der Waals surface area contributed by atoms with Crippen molar-refractivity contribution >= 4 is 33.2 Å². The molecule has 0 spiro atoms. The van der Waals surface area contributed by atoms with E-state index in [1.807, 2.05) is 13.8 Å². The van der Waals surface area contributed by atoms with Crippen LogP contribution in [0.3, 0.4) is 0 Å². The van der Waals surface area contributed by atoms with Crippen molar-refractivity contribution in [2.24, 2.45) is 0 Å². The van der Waals surface area contributed by atoms with Gasteiger partial charge in [0.25, 0.3) is 0 Å². The van der Waals surface area contributed by atoms with E-state index in [-0.39, 0.29) is 0 Å². The Kier molecular flexibility index (Phi) is 2.22. The Bertz CT molecular complexity index is 450. The zero-order chi connectivity index (χ0) is 9.42. The molecule has 0 aliphatic rings. The zero-order valence-corrected chi connectivity index (χ0v) is 9.04. The highest BCUT2D eigenvalue weighted by Crippen LogP contribution is 2.25. The Balaban J connectivity index is 2.80. The normalized spacial score (nSPS) is 11.0. The molecule has 0 unspecified atom stereocenters. The molecule has 0 aromatic carbocycles. The van der Waals surface area contributed by atoms with Gasteiger partial charge in [-0.05, 0) is 19.9 Å². The highest BCUT2D eigenvalue weighted by Gasteiger charge is 2.07. The molecule has 4 heteroatoms. The van der Waals surface area contributed by atoms with Crippen LogP contribution in [-0.4, -0.2) is 9.97 Å². The van der Waals surface area contributed by atoms with Gasteiger partial charge in [0.2, 0.25) is 0 Å². The number of aryl methyl sites for hydroxylation is 2. The van der Waals surface area contributed by atoms with Gasteiger partial charge in [-0.1, -0.05) is 0 Å². The van der Waals surface area contributed by atoms with E-state index in [0.29, 0.717) is 5.88 Å². The topological polar surface area (TPSA) is 25.8 Å². The number of hydrogen-bond donors (Lipinski definition) is 0. The molecule has 0 aliphatic heterocycles. The average molecular weight is 213 g/mol. The highest BCUT2D eigenvalue weighted by molar-refractivity contribution is 7.18. The van der Waals surface area contributed by atoms with Gasteiger partial charge in [0, 0.05) is 5.69 Å². The Morgan fingerprint density at radius 2 is 2.15 bits per heavy atom. The number of nitrogens with zero attached hydrogens (tertiary/aromatic N) is 2. The van der Waals surface area contributed by atoms with Crippen LogP contribution in [-0.2, 0) is 5.88 Å². The molecule has 0 N–H and O–H groups in total. The summed E-state index contributed by atoms with van der Waals surface area (Å²) >= 11 is 7.48. The molecule has 2 aromatic heterocycles. The number of hydrogen-bond acceptors (Lipinski definition) is 3. The predicted octanol–water partition coefficient (Wildman–Crippen LogP) is 3.05. The smallest absolute Gasteiger partial charge is 0.104 e. The monoisotopic (exact) mass is 212 g/mol. The number of halogens is 1. The minimum Gasteiger partial charge on any atom is -0.255 e. The standard InChI is InChI=1S/C9H9ClN2S/c1-5-3-8-9(7(4-10)11-5)12-6(2)13-8/h3H,4H2,1-2H3. The SMILES string of the molecule is Cc1cc2sc(C)nc2c(CCl)n1. The lowest BCUT2D eigenvalue weighted by atomic mass is 10.3. The van der Waals surface area contributed by atoms with E-state index in [4.69, 9.17) is 11.6 Å². The molecule has 68 valence electrons. The first-order valence-corrected chi connectivity index (χ1v) is 5.35. The maximum Gasteiger partial charge on any atom is 0.104 e. The van der Waals surface area contributed by atoms with Gasteiger partial charge in [-0.15, -0.1) is 22.9 Å².